The third-order valence-corrected chi connectivity index (χ3v) is 2.48. The van der Waals surface area contributed by atoms with Crippen molar-refractivity contribution in [1.29, 1.82) is 0 Å². The van der Waals surface area contributed by atoms with E-state index in [1.165, 1.54) is 12.3 Å². The predicted molar refractivity (Wildman–Crippen MR) is 57.5 cm³/mol. The first-order valence-electron chi connectivity index (χ1n) is 4.78. The molecule has 0 atom stereocenters. The second kappa shape index (κ2) is 3.92. The van der Waals surface area contributed by atoms with Crippen LogP contribution in [0.25, 0.3) is 5.82 Å². The molecule has 6 heteroatoms. The van der Waals surface area contributed by atoms with Crippen molar-refractivity contribution in [3.8, 4) is 11.6 Å². The lowest BCUT2D eigenvalue weighted by molar-refractivity contribution is -0.497. The van der Waals surface area contributed by atoms with Gasteiger partial charge in [-0.05, 0) is 13.8 Å². The van der Waals surface area contributed by atoms with Crippen molar-refractivity contribution in [3.05, 3.63) is 35.2 Å². The molecule has 2 rings (SSSR count). The van der Waals surface area contributed by atoms with Gasteiger partial charge >= 0.3 is 0 Å². The van der Waals surface area contributed by atoms with Crippen molar-refractivity contribution in [2.75, 3.05) is 0 Å². The molecule has 0 amide bonds. The molecule has 0 fully saturated rings. The highest BCUT2D eigenvalue weighted by Gasteiger charge is 2.11. The van der Waals surface area contributed by atoms with E-state index < -0.39 is 0 Å². The molecule has 2 aromatic rings. The second-order valence-corrected chi connectivity index (χ2v) is 3.51. The van der Waals surface area contributed by atoms with Crippen LogP contribution in [0.3, 0.4) is 0 Å². The van der Waals surface area contributed by atoms with E-state index in [0.29, 0.717) is 17.0 Å². The first-order valence-corrected chi connectivity index (χ1v) is 4.78. The molecular formula is C10H12N4O2. The first kappa shape index (κ1) is 10.6. The van der Waals surface area contributed by atoms with Crippen LogP contribution in [0.4, 0.5) is 5.69 Å². The zero-order valence-electron chi connectivity index (χ0n) is 9.01. The van der Waals surface area contributed by atoms with E-state index >= 15 is 0 Å². The fourth-order valence-electron chi connectivity index (χ4n) is 1.42. The molecule has 0 unspecified atom stereocenters. The third-order valence-electron chi connectivity index (χ3n) is 2.48. The van der Waals surface area contributed by atoms with Gasteiger partial charge in [0.15, 0.2) is 17.3 Å². The Balaban J connectivity index is 2.52. The maximum absolute atomic E-state index is 10.5. The average molecular weight is 220 g/mol. The van der Waals surface area contributed by atoms with Crippen LogP contribution in [0.2, 0.25) is 0 Å². The summed E-state index contributed by atoms with van der Waals surface area (Å²) < 4.78 is 1.68. The monoisotopic (exact) mass is 220 g/mol. The number of rotatable bonds is 2. The molecule has 0 saturated carbocycles. The van der Waals surface area contributed by atoms with Gasteiger partial charge < -0.3 is 15.8 Å². The van der Waals surface area contributed by atoms with Gasteiger partial charge in [0.2, 0.25) is 0 Å². The molecule has 84 valence electrons. The zero-order valence-corrected chi connectivity index (χ0v) is 9.01. The smallest absolute Gasteiger partial charge is 0.181 e. The second-order valence-electron chi connectivity index (χ2n) is 3.51. The highest BCUT2D eigenvalue weighted by Crippen LogP contribution is 2.22. The molecule has 0 aliphatic carbocycles. The molecule has 0 aromatic carbocycles. The Morgan fingerprint density at radius 1 is 1.38 bits per heavy atom. The summed E-state index contributed by atoms with van der Waals surface area (Å²) in [5.74, 6) is 0.341. The Morgan fingerprint density at radius 3 is 2.62 bits per heavy atom. The SMILES string of the molecule is Cc1ncn(-c2ncc([NH2+][O-])cc2O)c1C. The van der Waals surface area contributed by atoms with Gasteiger partial charge in [-0.15, -0.1) is 0 Å². The van der Waals surface area contributed by atoms with E-state index in [1.54, 1.807) is 10.9 Å². The maximum atomic E-state index is 10.5. The Labute approximate surface area is 92.2 Å². The standard InChI is InChI=1S/C10H12N4O2/c1-6-7(2)14(5-12-6)10-9(15)3-8(13-16)4-11-10/h3-5,15H,13H2,1-2H3. The highest BCUT2D eigenvalue weighted by atomic mass is 16.5. The zero-order chi connectivity index (χ0) is 11.7. The number of pyridine rings is 1. The number of aromatic nitrogens is 3. The molecule has 16 heavy (non-hydrogen) atoms. The molecule has 0 saturated heterocycles. The number of quaternary nitrogens is 1. The van der Waals surface area contributed by atoms with Gasteiger partial charge in [-0.2, -0.15) is 0 Å². The number of hydrogen-bond acceptors (Lipinski definition) is 4. The van der Waals surface area contributed by atoms with Gasteiger partial charge in [0.05, 0.1) is 11.9 Å². The number of hydrogen-bond donors (Lipinski definition) is 2. The lowest BCUT2D eigenvalue weighted by Gasteiger charge is -2.08. The van der Waals surface area contributed by atoms with Gasteiger partial charge in [0.25, 0.3) is 0 Å². The van der Waals surface area contributed by atoms with Crippen LogP contribution in [-0.4, -0.2) is 19.6 Å². The van der Waals surface area contributed by atoms with Crippen LogP contribution in [0.1, 0.15) is 11.4 Å². The number of nitrogens with zero attached hydrogens (tertiary/aromatic N) is 3. The van der Waals surface area contributed by atoms with E-state index in [0.717, 1.165) is 11.4 Å². The van der Waals surface area contributed by atoms with Crippen LogP contribution in [0.15, 0.2) is 18.6 Å². The summed E-state index contributed by atoms with van der Waals surface area (Å²) in [5, 5.41) is 20.2. The molecule has 0 radical (unpaired) electrons. The molecule has 6 nitrogen and oxygen atoms in total. The van der Waals surface area contributed by atoms with Crippen molar-refractivity contribution in [3.63, 3.8) is 0 Å². The average Bonchev–Trinajstić information content (AvgIpc) is 2.60. The van der Waals surface area contributed by atoms with E-state index in [2.05, 4.69) is 9.97 Å². The van der Waals surface area contributed by atoms with E-state index in [-0.39, 0.29) is 5.75 Å². The van der Waals surface area contributed by atoms with Gasteiger partial charge in [-0.1, -0.05) is 0 Å². The minimum Gasteiger partial charge on any atom is -0.630 e. The van der Waals surface area contributed by atoms with Crippen molar-refractivity contribution < 1.29 is 10.6 Å². The lowest BCUT2D eigenvalue weighted by Crippen LogP contribution is -2.70. The Kier molecular flexibility index (Phi) is 2.59. The predicted octanol–water partition coefficient (Wildman–Crippen LogP) is 0.282. The third kappa shape index (κ3) is 1.64. The number of nitrogens with two attached hydrogens (primary N) is 1. The molecule has 0 aliphatic rings. The van der Waals surface area contributed by atoms with Crippen molar-refractivity contribution in [2.45, 2.75) is 13.8 Å². The highest BCUT2D eigenvalue weighted by molar-refractivity contribution is 5.46. The molecule has 2 aromatic heterocycles. The topological polar surface area (TPSA) is 90.6 Å². The van der Waals surface area contributed by atoms with Crippen LogP contribution in [0.5, 0.6) is 5.75 Å². The minimum atomic E-state index is -0.0369. The number of imidazole rings is 1. The van der Waals surface area contributed by atoms with Crippen molar-refractivity contribution >= 4 is 5.69 Å². The number of aryl methyl sites for hydroxylation is 1. The normalized spacial score (nSPS) is 10.7. The van der Waals surface area contributed by atoms with Crippen LogP contribution >= 0.6 is 0 Å². The fourth-order valence-corrected chi connectivity index (χ4v) is 1.42. The summed E-state index contributed by atoms with van der Waals surface area (Å²) in [4.78, 5) is 8.15. The molecule has 0 bridgehead atoms. The lowest BCUT2D eigenvalue weighted by atomic mass is 10.3. The van der Waals surface area contributed by atoms with E-state index in [4.69, 9.17) is 0 Å². The van der Waals surface area contributed by atoms with Crippen LogP contribution < -0.4 is 5.48 Å². The summed E-state index contributed by atoms with van der Waals surface area (Å²) in [7, 11) is 0. The molecular weight excluding hydrogens is 208 g/mol. The summed E-state index contributed by atoms with van der Waals surface area (Å²) in [5.41, 5.74) is 2.76. The van der Waals surface area contributed by atoms with Gasteiger partial charge in [-0.25, -0.2) is 9.97 Å². The van der Waals surface area contributed by atoms with Gasteiger partial charge in [0.1, 0.15) is 6.33 Å². The maximum Gasteiger partial charge on any atom is 0.181 e. The largest absolute Gasteiger partial charge is 0.630 e. The molecule has 3 N–H and O–H groups in total. The van der Waals surface area contributed by atoms with Gasteiger partial charge in [-0.3, -0.25) is 4.57 Å². The number of aromatic hydroxyl groups is 1. The minimum absolute atomic E-state index is 0.0369. The molecule has 0 aliphatic heterocycles. The van der Waals surface area contributed by atoms with Gasteiger partial charge in [0, 0.05) is 11.8 Å². The van der Waals surface area contributed by atoms with E-state index in [9.17, 15) is 10.3 Å². The first-order chi connectivity index (χ1) is 7.63. The van der Waals surface area contributed by atoms with Crippen molar-refractivity contribution in [1.82, 2.24) is 14.5 Å². The van der Waals surface area contributed by atoms with Crippen LogP contribution in [-0.2, 0) is 0 Å². The summed E-state index contributed by atoms with van der Waals surface area (Å²) in [6, 6.07) is 1.38. The molecule has 2 heterocycles. The summed E-state index contributed by atoms with van der Waals surface area (Å²) >= 11 is 0. The van der Waals surface area contributed by atoms with Crippen molar-refractivity contribution in [2.24, 2.45) is 0 Å². The Hall–Kier alpha value is -1.92. The summed E-state index contributed by atoms with van der Waals surface area (Å²) in [6.07, 6.45) is 3.00. The molecule has 0 spiro atoms. The Morgan fingerprint density at radius 2 is 2.12 bits per heavy atom. The summed E-state index contributed by atoms with van der Waals surface area (Å²) in [6.45, 7) is 3.76. The Bertz CT molecular complexity index is 522. The fraction of sp³-hybridized carbons (Fsp3) is 0.200. The van der Waals surface area contributed by atoms with Crippen LogP contribution in [0, 0.1) is 19.1 Å². The quantitative estimate of drug-likeness (QED) is 0.711. The van der Waals surface area contributed by atoms with E-state index in [1.807, 2.05) is 13.8 Å².